The van der Waals surface area contributed by atoms with Crippen LogP contribution in [0.5, 0.6) is 0 Å². The zero-order valence-electron chi connectivity index (χ0n) is 16.5. The Hall–Kier alpha value is -2.66. The number of benzene rings is 2. The van der Waals surface area contributed by atoms with E-state index in [0.717, 1.165) is 6.42 Å². The third kappa shape index (κ3) is 6.50. The molecule has 0 fully saturated rings. The van der Waals surface area contributed by atoms with Gasteiger partial charge in [0.2, 0.25) is 5.91 Å². The monoisotopic (exact) mass is 402 g/mol. The summed E-state index contributed by atoms with van der Waals surface area (Å²) in [6.45, 7) is 5.51. The molecule has 28 heavy (non-hydrogen) atoms. The van der Waals surface area contributed by atoms with Gasteiger partial charge in [-0.25, -0.2) is 0 Å². The average Bonchev–Trinajstić information content (AvgIpc) is 2.72. The van der Waals surface area contributed by atoms with Gasteiger partial charge in [0.25, 0.3) is 0 Å². The van der Waals surface area contributed by atoms with E-state index in [2.05, 4.69) is 0 Å². The molecule has 2 N–H and O–H groups in total. The molecule has 0 unspecified atom stereocenters. The molecule has 6 heteroatoms. The van der Waals surface area contributed by atoms with Gasteiger partial charge in [-0.15, -0.1) is 0 Å². The molecular weight excluding hydrogens is 376 g/mol. The van der Waals surface area contributed by atoms with Gasteiger partial charge >= 0.3 is 5.97 Å². The third-order valence-corrected chi connectivity index (χ3v) is 4.15. The average molecular weight is 403 g/mol. The second-order valence-corrected chi connectivity index (χ2v) is 6.32. The van der Waals surface area contributed by atoms with Crippen molar-refractivity contribution in [3.05, 3.63) is 64.7 Å². The molecule has 0 aliphatic rings. The standard InChI is InChI=1S/C20H21ClN2O3.C2H6/c1-2-3-9-18(24)23(13-19(25)26)17-11-10-15(21)12-16(17)20(22)14-7-5-4-6-8-14;1-2/h4-8,10-12,22H,2-3,9,13H2,1H3,(H,25,26);1-2H3. The molecule has 0 aliphatic carbocycles. The number of halogens is 1. The van der Waals surface area contributed by atoms with Crippen LogP contribution in [0, 0.1) is 5.41 Å². The van der Waals surface area contributed by atoms with Crippen molar-refractivity contribution >= 4 is 34.9 Å². The molecule has 5 nitrogen and oxygen atoms in total. The normalized spacial score (nSPS) is 9.86. The van der Waals surface area contributed by atoms with Crippen LogP contribution in [0.4, 0.5) is 5.69 Å². The molecule has 0 aromatic heterocycles. The molecule has 2 rings (SSSR count). The Kier molecular flexibility index (Phi) is 9.96. The fourth-order valence-corrected chi connectivity index (χ4v) is 2.78. The zero-order chi connectivity index (χ0) is 21.1. The minimum atomic E-state index is -1.11. The number of hydrogen-bond acceptors (Lipinski definition) is 3. The van der Waals surface area contributed by atoms with E-state index in [-0.39, 0.29) is 18.0 Å². The lowest BCUT2D eigenvalue weighted by Gasteiger charge is -2.24. The fourth-order valence-electron chi connectivity index (χ4n) is 2.61. The van der Waals surface area contributed by atoms with Crippen LogP contribution in [0.25, 0.3) is 0 Å². The molecule has 2 aromatic rings. The number of rotatable bonds is 8. The Morgan fingerprint density at radius 2 is 1.75 bits per heavy atom. The Morgan fingerprint density at radius 1 is 1.11 bits per heavy atom. The van der Waals surface area contributed by atoms with Crippen LogP contribution in [0.15, 0.2) is 48.5 Å². The third-order valence-electron chi connectivity index (χ3n) is 3.92. The van der Waals surface area contributed by atoms with Crippen molar-refractivity contribution in [1.29, 1.82) is 5.41 Å². The van der Waals surface area contributed by atoms with E-state index in [4.69, 9.17) is 17.0 Å². The SMILES string of the molecule is CC.CCCCC(=O)N(CC(=O)O)c1ccc(Cl)cc1C(=N)c1ccccc1. The van der Waals surface area contributed by atoms with Crippen LogP contribution >= 0.6 is 11.6 Å². The van der Waals surface area contributed by atoms with Crippen molar-refractivity contribution in [3.63, 3.8) is 0 Å². The predicted molar refractivity (Wildman–Crippen MR) is 115 cm³/mol. The van der Waals surface area contributed by atoms with Gasteiger partial charge in [-0.3, -0.25) is 15.0 Å². The second kappa shape index (κ2) is 11.9. The van der Waals surface area contributed by atoms with E-state index >= 15 is 0 Å². The molecule has 0 atom stereocenters. The summed E-state index contributed by atoms with van der Waals surface area (Å²) < 4.78 is 0. The van der Waals surface area contributed by atoms with Gasteiger partial charge in [0.1, 0.15) is 6.54 Å². The largest absolute Gasteiger partial charge is 0.480 e. The Bertz CT molecular complexity index is 807. The first-order chi connectivity index (χ1) is 13.4. The van der Waals surface area contributed by atoms with Crippen molar-refractivity contribution in [1.82, 2.24) is 0 Å². The molecule has 0 saturated heterocycles. The Balaban J connectivity index is 0.00000190. The highest BCUT2D eigenvalue weighted by Gasteiger charge is 2.23. The highest BCUT2D eigenvalue weighted by atomic mass is 35.5. The van der Waals surface area contributed by atoms with Crippen LogP contribution in [0.3, 0.4) is 0 Å². The number of nitrogens with zero attached hydrogens (tertiary/aromatic N) is 1. The van der Waals surface area contributed by atoms with E-state index in [0.29, 0.717) is 28.3 Å². The summed E-state index contributed by atoms with van der Waals surface area (Å²) in [5, 5.41) is 18.2. The van der Waals surface area contributed by atoms with Gasteiger partial charge in [-0.05, 0) is 24.6 Å². The molecule has 0 aliphatic heterocycles. The number of unbranched alkanes of at least 4 members (excludes halogenated alkanes) is 1. The minimum absolute atomic E-state index is 0.182. The van der Waals surface area contributed by atoms with E-state index in [1.54, 1.807) is 30.3 Å². The summed E-state index contributed by atoms with van der Waals surface area (Å²) in [6.07, 6.45) is 1.76. The predicted octanol–water partition coefficient (Wildman–Crippen LogP) is 5.39. The molecule has 0 radical (unpaired) electrons. The summed E-state index contributed by atoms with van der Waals surface area (Å²) in [6, 6.07) is 13.8. The van der Waals surface area contributed by atoms with Gasteiger partial charge in [-0.1, -0.05) is 69.1 Å². The molecule has 0 bridgehead atoms. The van der Waals surface area contributed by atoms with Gasteiger partial charge in [0, 0.05) is 22.6 Å². The van der Waals surface area contributed by atoms with Gasteiger partial charge in [0.05, 0.1) is 11.4 Å². The lowest BCUT2D eigenvalue weighted by atomic mass is 10.00. The summed E-state index contributed by atoms with van der Waals surface area (Å²) in [5.41, 5.74) is 1.65. The highest BCUT2D eigenvalue weighted by molar-refractivity contribution is 6.31. The van der Waals surface area contributed by atoms with Gasteiger partial charge in [0.15, 0.2) is 0 Å². The van der Waals surface area contributed by atoms with Crippen LogP contribution in [-0.4, -0.2) is 29.2 Å². The number of amides is 1. The molecule has 1 amide bonds. The van der Waals surface area contributed by atoms with Crippen LogP contribution in [-0.2, 0) is 9.59 Å². The summed E-state index contributed by atoms with van der Waals surface area (Å²) >= 11 is 6.11. The minimum Gasteiger partial charge on any atom is -0.480 e. The molecular formula is C22H27ClN2O3. The lowest BCUT2D eigenvalue weighted by Crippen LogP contribution is -2.36. The maximum atomic E-state index is 12.6. The number of aliphatic carboxylic acids is 1. The lowest BCUT2D eigenvalue weighted by molar-refractivity contribution is -0.136. The molecule has 0 heterocycles. The summed E-state index contributed by atoms with van der Waals surface area (Å²) in [4.78, 5) is 25.1. The van der Waals surface area contributed by atoms with Crippen molar-refractivity contribution in [3.8, 4) is 0 Å². The van der Waals surface area contributed by atoms with Crippen molar-refractivity contribution < 1.29 is 14.7 Å². The summed E-state index contributed by atoms with van der Waals surface area (Å²) in [5.74, 6) is -1.39. The fraction of sp³-hybridized carbons (Fsp3) is 0.318. The first-order valence-corrected chi connectivity index (χ1v) is 9.78. The zero-order valence-corrected chi connectivity index (χ0v) is 17.3. The molecule has 0 spiro atoms. The highest BCUT2D eigenvalue weighted by Crippen LogP contribution is 2.27. The maximum Gasteiger partial charge on any atom is 0.323 e. The Morgan fingerprint density at radius 3 is 2.32 bits per heavy atom. The number of anilines is 1. The van der Waals surface area contributed by atoms with Crippen molar-refractivity contribution in [2.75, 3.05) is 11.4 Å². The summed E-state index contributed by atoms with van der Waals surface area (Å²) in [7, 11) is 0. The van der Waals surface area contributed by atoms with Crippen LogP contribution in [0.1, 0.15) is 51.2 Å². The van der Waals surface area contributed by atoms with Crippen molar-refractivity contribution in [2.24, 2.45) is 0 Å². The van der Waals surface area contributed by atoms with Crippen LogP contribution in [0.2, 0.25) is 5.02 Å². The number of carbonyl (C=O) groups is 2. The number of carboxylic acids is 1. The smallest absolute Gasteiger partial charge is 0.323 e. The van der Waals surface area contributed by atoms with E-state index in [1.165, 1.54) is 4.90 Å². The molecule has 150 valence electrons. The number of carboxylic acid groups (broad SMARTS) is 1. The second-order valence-electron chi connectivity index (χ2n) is 5.88. The van der Waals surface area contributed by atoms with Gasteiger partial charge in [-0.2, -0.15) is 0 Å². The quantitative estimate of drug-likeness (QED) is 0.580. The molecule has 2 aromatic carbocycles. The number of carbonyl (C=O) groups excluding carboxylic acids is 1. The first-order valence-electron chi connectivity index (χ1n) is 9.40. The van der Waals surface area contributed by atoms with Gasteiger partial charge < -0.3 is 10.0 Å². The van der Waals surface area contributed by atoms with Crippen LogP contribution < -0.4 is 4.90 Å². The molecule has 0 saturated carbocycles. The Labute approximate surface area is 171 Å². The first kappa shape index (κ1) is 23.4. The number of hydrogen-bond donors (Lipinski definition) is 2. The van der Waals surface area contributed by atoms with E-state index < -0.39 is 12.5 Å². The van der Waals surface area contributed by atoms with Crippen molar-refractivity contribution in [2.45, 2.75) is 40.0 Å². The van der Waals surface area contributed by atoms with E-state index in [1.807, 2.05) is 39.0 Å². The topological polar surface area (TPSA) is 81.5 Å². The van der Waals surface area contributed by atoms with E-state index in [9.17, 15) is 14.7 Å². The maximum absolute atomic E-state index is 12.6. The number of nitrogens with one attached hydrogen (secondary N) is 1.